The fraction of sp³-hybridized carbons (Fsp3) is 0.625. The van der Waals surface area contributed by atoms with Crippen LogP contribution < -0.4 is 10.2 Å². The van der Waals surface area contributed by atoms with Crippen molar-refractivity contribution in [3.8, 4) is 0 Å². The van der Waals surface area contributed by atoms with E-state index in [0.717, 1.165) is 43.1 Å². The number of hydrogen-bond donors (Lipinski definition) is 1. The lowest BCUT2D eigenvalue weighted by molar-refractivity contribution is 0.0644. The molecule has 1 aromatic carbocycles. The molecule has 1 saturated heterocycles. The van der Waals surface area contributed by atoms with Gasteiger partial charge in [-0.05, 0) is 44.4 Å². The van der Waals surface area contributed by atoms with E-state index in [1.807, 2.05) is 0 Å². The van der Waals surface area contributed by atoms with E-state index in [1.54, 1.807) is 0 Å². The minimum absolute atomic E-state index is 0.00430. The van der Waals surface area contributed by atoms with Crippen molar-refractivity contribution < 1.29 is 4.74 Å². The molecule has 0 unspecified atom stereocenters. The van der Waals surface area contributed by atoms with E-state index in [1.165, 1.54) is 18.4 Å². The molecule has 0 radical (unpaired) electrons. The van der Waals surface area contributed by atoms with Crippen molar-refractivity contribution in [2.45, 2.75) is 44.8 Å². The molecular formula is C16H23ClN2O. The van der Waals surface area contributed by atoms with E-state index >= 15 is 0 Å². The zero-order valence-electron chi connectivity index (χ0n) is 12.3. The Bertz CT molecular complexity index is 485. The maximum atomic E-state index is 6.51. The maximum absolute atomic E-state index is 6.51. The van der Waals surface area contributed by atoms with Gasteiger partial charge in [0.15, 0.2) is 0 Å². The second kappa shape index (κ2) is 5.55. The summed E-state index contributed by atoms with van der Waals surface area (Å²) in [7, 11) is 0. The van der Waals surface area contributed by atoms with E-state index in [4.69, 9.17) is 16.3 Å². The molecule has 2 fully saturated rings. The summed E-state index contributed by atoms with van der Waals surface area (Å²) in [5.41, 5.74) is 2.38. The third-order valence-electron chi connectivity index (χ3n) is 4.12. The van der Waals surface area contributed by atoms with Crippen molar-refractivity contribution >= 4 is 17.3 Å². The van der Waals surface area contributed by atoms with Gasteiger partial charge >= 0.3 is 0 Å². The lowest BCUT2D eigenvalue weighted by Crippen LogP contribution is -2.53. The Morgan fingerprint density at radius 1 is 1.40 bits per heavy atom. The molecule has 4 heteroatoms. The average Bonchev–Trinajstić information content (AvgIpc) is 3.21. The van der Waals surface area contributed by atoms with Crippen LogP contribution in [0.3, 0.4) is 0 Å². The summed E-state index contributed by atoms with van der Waals surface area (Å²) < 4.78 is 5.58. The monoisotopic (exact) mass is 294 g/mol. The first-order chi connectivity index (χ1) is 9.56. The highest BCUT2D eigenvalue weighted by atomic mass is 35.5. The first-order valence-electron chi connectivity index (χ1n) is 7.43. The molecule has 0 atom stereocenters. The summed E-state index contributed by atoms with van der Waals surface area (Å²) in [6.45, 7) is 7.72. The second-order valence-electron chi connectivity index (χ2n) is 6.46. The molecule has 1 heterocycles. The minimum Gasteiger partial charge on any atom is -0.377 e. The van der Waals surface area contributed by atoms with E-state index in [9.17, 15) is 0 Å². The molecule has 1 aliphatic heterocycles. The van der Waals surface area contributed by atoms with Crippen molar-refractivity contribution in [2.24, 2.45) is 0 Å². The van der Waals surface area contributed by atoms with Crippen molar-refractivity contribution in [2.75, 3.05) is 24.7 Å². The van der Waals surface area contributed by atoms with Gasteiger partial charge in [0.25, 0.3) is 0 Å². The highest BCUT2D eigenvalue weighted by Gasteiger charge is 2.31. The molecular weight excluding hydrogens is 272 g/mol. The van der Waals surface area contributed by atoms with Crippen molar-refractivity contribution in [3.05, 3.63) is 28.8 Å². The maximum Gasteiger partial charge on any atom is 0.0694 e. The number of anilines is 1. The van der Waals surface area contributed by atoms with Gasteiger partial charge in [0.1, 0.15) is 0 Å². The molecule has 1 aromatic rings. The third-order valence-corrected chi connectivity index (χ3v) is 4.42. The topological polar surface area (TPSA) is 24.5 Å². The Hall–Kier alpha value is -0.770. The summed E-state index contributed by atoms with van der Waals surface area (Å²) in [6, 6.07) is 7.16. The number of ether oxygens (including phenoxy) is 1. The van der Waals surface area contributed by atoms with E-state index in [0.29, 0.717) is 0 Å². The van der Waals surface area contributed by atoms with Crippen LogP contribution in [0.15, 0.2) is 18.2 Å². The van der Waals surface area contributed by atoms with Crippen LogP contribution >= 0.6 is 11.6 Å². The predicted octanol–water partition coefficient (Wildman–Crippen LogP) is 3.21. The second-order valence-corrected chi connectivity index (χ2v) is 6.86. The largest absolute Gasteiger partial charge is 0.377 e. The number of morpholine rings is 1. The lowest BCUT2D eigenvalue weighted by Gasteiger charge is -2.44. The van der Waals surface area contributed by atoms with Crippen LogP contribution in [0.25, 0.3) is 0 Å². The summed E-state index contributed by atoms with van der Waals surface area (Å²) in [5.74, 6) is 0. The van der Waals surface area contributed by atoms with Crippen LogP contribution in [0.1, 0.15) is 32.3 Å². The smallest absolute Gasteiger partial charge is 0.0694 e. The SMILES string of the molecule is CC1(C)COCCN1c1ccc(CNC2CC2)cc1Cl. The zero-order valence-corrected chi connectivity index (χ0v) is 13.0. The van der Waals surface area contributed by atoms with Gasteiger partial charge in [-0.15, -0.1) is 0 Å². The number of nitrogens with one attached hydrogen (secondary N) is 1. The van der Waals surface area contributed by atoms with Crippen molar-refractivity contribution in [1.82, 2.24) is 5.32 Å². The van der Waals surface area contributed by atoms with Gasteiger partial charge in [-0.25, -0.2) is 0 Å². The number of rotatable bonds is 4. The Balaban J connectivity index is 1.75. The summed E-state index contributed by atoms with van der Waals surface area (Å²) in [6.07, 6.45) is 2.63. The Labute approximate surface area is 126 Å². The molecule has 2 aliphatic rings. The number of nitrogens with zero attached hydrogens (tertiary/aromatic N) is 1. The van der Waals surface area contributed by atoms with Crippen LogP contribution in [0.4, 0.5) is 5.69 Å². The highest BCUT2D eigenvalue weighted by molar-refractivity contribution is 6.33. The van der Waals surface area contributed by atoms with Gasteiger partial charge in [-0.1, -0.05) is 17.7 Å². The minimum atomic E-state index is -0.00430. The molecule has 1 N–H and O–H groups in total. The molecule has 3 nitrogen and oxygen atoms in total. The standard InChI is InChI=1S/C16H23ClN2O/c1-16(2)11-20-8-7-19(16)15-6-3-12(9-14(15)17)10-18-13-4-5-13/h3,6,9,13,18H,4-5,7-8,10-11H2,1-2H3. The Kier molecular flexibility index (Phi) is 3.93. The molecule has 0 bridgehead atoms. The normalized spacial score (nSPS) is 22.1. The number of benzene rings is 1. The fourth-order valence-electron chi connectivity index (χ4n) is 2.73. The summed E-state index contributed by atoms with van der Waals surface area (Å²) >= 11 is 6.51. The Morgan fingerprint density at radius 2 is 2.20 bits per heavy atom. The molecule has 0 amide bonds. The average molecular weight is 295 g/mol. The van der Waals surface area contributed by atoms with Crippen LogP contribution in [-0.2, 0) is 11.3 Å². The molecule has 0 aromatic heterocycles. The molecule has 20 heavy (non-hydrogen) atoms. The quantitative estimate of drug-likeness (QED) is 0.923. The lowest BCUT2D eigenvalue weighted by atomic mass is 10.0. The summed E-state index contributed by atoms with van der Waals surface area (Å²) in [5, 5.41) is 4.37. The molecule has 0 spiro atoms. The number of hydrogen-bond acceptors (Lipinski definition) is 3. The molecule has 3 rings (SSSR count). The van der Waals surface area contributed by atoms with E-state index in [2.05, 4.69) is 42.3 Å². The molecule has 110 valence electrons. The van der Waals surface area contributed by atoms with Gasteiger partial charge in [0.05, 0.1) is 29.5 Å². The van der Waals surface area contributed by atoms with Crippen LogP contribution in [0.5, 0.6) is 0 Å². The summed E-state index contributed by atoms with van der Waals surface area (Å²) in [4.78, 5) is 2.36. The highest BCUT2D eigenvalue weighted by Crippen LogP contribution is 2.33. The van der Waals surface area contributed by atoms with Gasteiger partial charge in [-0.2, -0.15) is 0 Å². The number of halogens is 1. The van der Waals surface area contributed by atoms with Gasteiger partial charge < -0.3 is 15.0 Å². The fourth-order valence-corrected chi connectivity index (χ4v) is 3.04. The van der Waals surface area contributed by atoms with Crippen molar-refractivity contribution in [3.63, 3.8) is 0 Å². The van der Waals surface area contributed by atoms with Gasteiger partial charge in [0.2, 0.25) is 0 Å². The molecule has 1 saturated carbocycles. The van der Waals surface area contributed by atoms with Crippen molar-refractivity contribution in [1.29, 1.82) is 0 Å². The van der Waals surface area contributed by atoms with Crippen LogP contribution in [0, 0.1) is 0 Å². The van der Waals surface area contributed by atoms with Crippen LogP contribution in [0.2, 0.25) is 5.02 Å². The first-order valence-corrected chi connectivity index (χ1v) is 7.81. The zero-order chi connectivity index (χ0) is 14.2. The van der Waals surface area contributed by atoms with Gasteiger partial charge in [0, 0.05) is 19.1 Å². The third kappa shape index (κ3) is 3.11. The van der Waals surface area contributed by atoms with E-state index < -0.39 is 0 Å². The van der Waals surface area contributed by atoms with E-state index in [-0.39, 0.29) is 5.54 Å². The predicted molar refractivity (Wildman–Crippen MR) is 83.6 cm³/mol. The Morgan fingerprint density at radius 3 is 2.85 bits per heavy atom. The van der Waals surface area contributed by atoms with Gasteiger partial charge in [-0.3, -0.25) is 0 Å². The first kappa shape index (κ1) is 14.2. The van der Waals surface area contributed by atoms with Crippen LogP contribution in [-0.4, -0.2) is 31.3 Å². The molecule has 1 aliphatic carbocycles.